The average molecular weight is 577 g/mol. The second-order valence-electron chi connectivity index (χ2n) is 8.42. The first-order chi connectivity index (χ1) is 18.2. The lowest BCUT2D eigenvalue weighted by atomic mass is 10.2. The quantitative estimate of drug-likeness (QED) is 0.136. The molecule has 0 atom stereocenters. The highest BCUT2D eigenvalue weighted by Crippen LogP contribution is 2.39. The van der Waals surface area contributed by atoms with E-state index in [4.69, 9.17) is 24.4 Å². The van der Waals surface area contributed by atoms with E-state index in [-0.39, 0.29) is 0 Å². The van der Waals surface area contributed by atoms with Crippen molar-refractivity contribution in [3.63, 3.8) is 0 Å². The molecular formula is C30H28N2S5. The van der Waals surface area contributed by atoms with Crippen LogP contribution in [0.5, 0.6) is 0 Å². The van der Waals surface area contributed by atoms with E-state index in [1.54, 1.807) is 31.4 Å². The van der Waals surface area contributed by atoms with Crippen molar-refractivity contribution in [2.45, 2.75) is 26.2 Å². The van der Waals surface area contributed by atoms with Gasteiger partial charge in [0.2, 0.25) is 0 Å². The van der Waals surface area contributed by atoms with Crippen molar-refractivity contribution in [1.82, 2.24) is 9.80 Å². The van der Waals surface area contributed by atoms with Crippen molar-refractivity contribution in [2.75, 3.05) is 0 Å². The molecule has 0 aromatic heterocycles. The first-order valence-corrected chi connectivity index (χ1v) is 16.2. The highest BCUT2D eigenvalue weighted by molar-refractivity contribution is 9.15. The highest BCUT2D eigenvalue weighted by atomic mass is 33.5. The summed E-state index contributed by atoms with van der Waals surface area (Å²) in [5.41, 5.74) is 4.97. The maximum absolute atomic E-state index is 5.90. The summed E-state index contributed by atoms with van der Waals surface area (Å²) in [6.45, 7) is 3.08. The Balaban J connectivity index is 1.38. The van der Waals surface area contributed by atoms with Gasteiger partial charge in [-0.15, -0.1) is 0 Å². The minimum Gasteiger partial charge on any atom is -0.348 e. The number of nitrogens with zero attached hydrogens (tertiary/aromatic N) is 2. The summed E-state index contributed by atoms with van der Waals surface area (Å²) in [5, 5.41) is 0. The van der Waals surface area contributed by atoms with Crippen LogP contribution in [0.2, 0.25) is 0 Å². The predicted molar refractivity (Wildman–Crippen MR) is 172 cm³/mol. The van der Waals surface area contributed by atoms with E-state index in [9.17, 15) is 0 Å². The number of benzene rings is 4. The second kappa shape index (κ2) is 15.2. The third-order valence-electron chi connectivity index (χ3n) is 5.59. The Kier molecular flexibility index (Phi) is 11.4. The summed E-state index contributed by atoms with van der Waals surface area (Å²) in [6.07, 6.45) is 0. The van der Waals surface area contributed by atoms with Gasteiger partial charge in [0.15, 0.2) is 0 Å². The van der Waals surface area contributed by atoms with E-state index in [0.29, 0.717) is 0 Å². The van der Waals surface area contributed by atoms with E-state index in [0.717, 1.165) is 34.8 Å². The highest BCUT2D eigenvalue weighted by Gasteiger charge is 2.16. The van der Waals surface area contributed by atoms with Crippen LogP contribution in [0.25, 0.3) is 0 Å². The van der Waals surface area contributed by atoms with Crippen LogP contribution in [0.3, 0.4) is 0 Å². The summed E-state index contributed by atoms with van der Waals surface area (Å²) in [7, 11) is 4.84. The lowest BCUT2D eigenvalue weighted by molar-refractivity contribution is 0.421. The molecule has 37 heavy (non-hydrogen) atoms. The molecule has 0 bridgehead atoms. The summed E-state index contributed by atoms with van der Waals surface area (Å²) >= 11 is 11.8. The molecular weight excluding hydrogens is 549 g/mol. The molecule has 0 aliphatic rings. The molecule has 0 aliphatic heterocycles. The molecule has 4 aromatic rings. The van der Waals surface area contributed by atoms with Gasteiger partial charge in [0.1, 0.15) is 8.64 Å². The molecule has 0 aliphatic carbocycles. The molecule has 4 aromatic carbocycles. The van der Waals surface area contributed by atoms with Gasteiger partial charge >= 0.3 is 0 Å². The zero-order valence-corrected chi connectivity index (χ0v) is 24.4. The monoisotopic (exact) mass is 576 g/mol. The van der Waals surface area contributed by atoms with Crippen molar-refractivity contribution in [1.29, 1.82) is 0 Å². The Hall–Kier alpha value is -2.29. The summed E-state index contributed by atoms with van der Waals surface area (Å²) in [4.78, 5) is 4.51. The fourth-order valence-electron chi connectivity index (χ4n) is 3.77. The van der Waals surface area contributed by atoms with E-state index in [1.165, 1.54) is 22.3 Å². The van der Waals surface area contributed by atoms with Crippen molar-refractivity contribution in [3.8, 4) is 0 Å². The Labute approximate surface area is 242 Å². The van der Waals surface area contributed by atoms with E-state index in [2.05, 4.69) is 107 Å². The molecule has 0 unspecified atom stereocenters. The summed E-state index contributed by atoms with van der Waals surface area (Å²) in [5.74, 6) is 0. The Bertz CT molecular complexity index is 1060. The lowest BCUT2D eigenvalue weighted by Crippen LogP contribution is -2.26. The number of thiocarbonyl (C=S) groups is 2. The van der Waals surface area contributed by atoms with Gasteiger partial charge in [-0.05, 0) is 53.7 Å². The van der Waals surface area contributed by atoms with Crippen LogP contribution in [0.15, 0.2) is 121 Å². The van der Waals surface area contributed by atoms with Crippen LogP contribution < -0.4 is 0 Å². The van der Waals surface area contributed by atoms with Crippen molar-refractivity contribution in [2.24, 2.45) is 0 Å². The lowest BCUT2D eigenvalue weighted by Gasteiger charge is -2.26. The normalized spacial score (nSPS) is 10.6. The third kappa shape index (κ3) is 9.51. The van der Waals surface area contributed by atoms with Crippen LogP contribution >= 0.6 is 55.8 Å². The maximum Gasteiger partial charge on any atom is 0.148 e. The minimum absolute atomic E-state index is 0.769. The van der Waals surface area contributed by atoms with E-state index in [1.807, 2.05) is 24.3 Å². The van der Waals surface area contributed by atoms with Crippen molar-refractivity contribution >= 4 is 64.5 Å². The Morgan fingerprint density at radius 3 is 0.919 bits per heavy atom. The SMILES string of the molecule is S=C(SSSC(=S)N(Cc1ccccc1)Cc1ccccc1)N(Cc1ccccc1)Cc1ccccc1. The van der Waals surface area contributed by atoms with Gasteiger partial charge in [-0.3, -0.25) is 0 Å². The van der Waals surface area contributed by atoms with Gasteiger partial charge < -0.3 is 9.80 Å². The first-order valence-electron chi connectivity index (χ1n) is 11.9. The number of rotatable bonds is 10. The molecule has 0 amide bonds. The van der Waals surface area contributed by atoms with Crippen LogP contribution in [0.1, 0.15) is 22.3 Å². The van der Waals surface area contributed by atoms with Gasteiger partial charge in [0.25, 0.3) is 0 Å². The van der Waals surface area contributed by atoms with Gasteiger partial charge in [0, 0.05) is 26.2 Å². The molecule has 0 saturated heterocycles. The third-order valence-corrected chi connectivity index (χ3v) is 10.8. The zero-order chi connectivity index (χ0) is 25.7. The minimum atomic E-state index is 0.769. The van der Waals surface area contributed by atoms with Crippen molar-refractivity contribution < 1.29 is 0 Å². The first kappa shape index (κ1) is 27.7. The van der Waals surface area contributed by atoms with Crippen molar-refractivity contribution in [3.05, 3.63) is 144 Å². The smallest absolute Gasteiger partial charge is 0.148 e. The molecule has 0 heterocycles. The van der Waals surface area contributed by atoms with Gasteiger partial charge in [-0.25, -0.2) is 0 Å². The van der Waals surface area contributed by atoms with Crippen LogP contribution in [-0.4, -0.2) is 18.4 Å². The number of hydrogen-bond acceptors (Lipinski definition) is 5. The molecule has 0 radical (unpaired) electrons. The molecule has 0 spiro atoms. The fourth-order valence-corrected chi connectivity index (χ4v) is 8.58. The summed E-state index contributed by atoms with van der Waals surface area (Å²) < 4.78 is 1.70. The van der Waals surface area contributed by atoms with E-state index < -0.39 is 0 Å². The standard InChI is InChI=1S/C30H28N2S5/c33-29(31(21-25-13-5-1-6-14-25)22-26-15-7-2-8-16-26)35-37-36-30(34)32(23-27-17-9-3-10-18-27)24-28-19-11-4-12-20-28/h1-20H,21-24H2. The van der Waals surface area contributed by atoms with Gasteiger partial charge in [-0.2, -0.15) is 0 Å². The molecule has 188 valence electrons. The van der Waals surface area contributed by atoms with Gasteiger partial charge in [-0.1, -0.05) is 146 Å². The summed E-state index contributed by atoms with van der Waals surface area (Å²) in [6, 6.07) is 41.9. The Morgan fingerprint density at radius 2 is 0.676 bits per heavy atom. The molecule has 7 heteroatoms. The van der Waals surface area contributed by atoms with Gasteiger partial charge in [0.05, 0.1) is 0 Å². The number of hydrogen-bond donors (Lipinski definition) is 0. The maximum atomic E-state index is 5.90. The molecule has 0 saturated carbocycles. The second-order valence-corrected chi connectivity index (χ2v) is 13.6. The predicted octanol–water partition coefficient (Wildman–Crippen LogP) is 8.99. The van der Waals surface area contributed by atoms with Crippen LogP contribution in [0, 0.1) is 0 Å². The molecule has 0 N–H and O–H groups in total. The molecule has 4 rings (SSSR count). The van der Waals surface area contributed by atoms with Crippen LogP contribution in [0.4, 0.5) is 0 Å². The molecule has 0 fully saturated rings. The largest absolute Gasteiger partial charge is 0.348 e. The van der Waals surface area contributed by atoms with E-state index >= 15 is 0 Å². The average Bonchev–Trinajstić information content (AvgIpc) is 2.94. The Morgan fingerprint density at radius 1 is 0.432 bits per heavy atom. The molecule has 2 nitrogen and oxygen atoms in total. The zero-order valence-electron chi connectivity index (χ0n) is 20.3. The fraction of sp³-hybridized carbons (Fsp3) is 0.133. The van der Waals surface area contributed by atoms with Crippen LogP contribution in [-0.2, 0) is 26.2 Å². The topological polar surface area (TPSA) is 6.48 Å².